The fourth-order valence-electron chi connectivity index (χ4n) is 4.26. The van der Waals surface area contributed by atoms with Gasteiger partial charge in [0.15, 0.2) is 0 Å². The normalized spacial score (nSPS) is 23.9. The van der Waals surface area contributed by atoms with Crippen molar-refractivity contribution in [3.8, 4) is 0 Å². The van der Waals surface area contributed by atoms with Gasteiger partial charge in [-0.15, -0.1) is 4.28 Å². The van der Waals surface area contributed by atoms with Crippen molar-refractivity contribution >= 4 is 34.2 Å². The number of hydrazine groups is 1. The van der Waals surface area contributed by atoms with Crippen LogP contribution in [0.5, 0.6) is 0 Å². The van der Waals surface area contributed by atoms with Crippen LogP contribution >= 0.6 is 0 Å². The van der Waals surface area contributed by atoms with Gasteiger partial charge in [0.2, 0.25) is 0 Å². The Kier molecular flexibility index (Phi) is 7.20. The summed E-state index contributed by atoms with van der Waals surface area (Å²) in [5, 5.41) is 3.56. The van der Waals surface area contributed by atoms with Crippen molar-refractivity contribution < 1.29 is 41.2 Å². The number of piperidine rings is 1. The molecule has 0 aromatic carbocycles. The molecule has 192 valence electrons. The van der Waals surface area contributed by atoms with Crippen molar-refractivity contribution in [3.63, 3.8) is 0 Å². The van der Waals surface area contributed by atoms with Gasteiger partial charge in [-0.05, 0) is 32.2 Å². The summed E-state index contributed by atoms with van der Waals surface area (Å²) in [6.45, 7) is 0.435. The highest BCUT2D eigenvalue weighted by Gasteiger charge is 2.49. The van der Waals surface area contributed by atoms with Gasteiger partial charge in [0.05, 0.1) is 6.04 Å². The fourth-order valence-corrected chi connectivity index (χ4v) is 4.65. The number of hydroxylamine groups is 2. The molecule has 0 spiro atoms. The summed E-state index contributed by atoms with van der Waals surface area (Å²) in [5.41, 5.74) is 4.50. The van der Waals surface area contributed by atoms with Crippen LogP contribution in [-0.4, -0.2) is 87.5 Å². The Hall–Kier alpha value is -3.28. The smallest absolute Gasteiger partial charge is 0.418 e. The number of urea groups is 1. The lowest BCUT2D eigenvalue weighted by atomic mass is 10.0. The first-order valence-electron chi connectivity index (χ1n) is 10.9. The molecule has 3 saturated heterocycles. The van der Waals surface area contributed by atoms with E-state index < -0.39 is 40.3 Å². The van der Waals surface area contributed by atoms with E-state index in [9.17, 15) is 27.6 Å². The maximum Gasteiger partial charge on any atom is 0.418 e. The summed E-state index contributed by atoms with van der Waals surface area (Å²) in [6, 6.07) is -2.84. The van der Waals surface area contributed by atoms with E-state index in [-0.39, 0.29) is 44.5 Å². The van der Waals surface area contributed by atoms with Crippen LogP contribution in [0, 0.1) is 0 Å². The molecule has 3 atom stereocenters. The lowest BCUT2D eigenvalue weighted by molar-refractivity contribution is -0.147. The molecule has 4 amide bonds. The van der Waals surface area contributed by atoms with Crippen LogP contribution in [0.3, 0.4) is 0 Å². The minimum atomic E-state index is -4.90. The van der Waals surface area contributed by atoms with E-state index in [4.69, 9.17) is 9.29 Å². The van der Waals surface area contributed by atoms with Gasteiger partial charge in [0.1, 0.15) is 31.1 Å². The number of nitrogens with one attached hydrogen (secondary N) is 3. The van der Waals surface area contributed by atoms with Crippen LogP contribution in [0.25, 0.3) is 0 Å². The van der Waals surface area contributed by atoms with Crippen molar-refractivity contribution in [1.82, 2.24) is 35.7 Å². The minimum absolute atomic E-state index is 0.0217. The Morgan fingerprint density at radius 1 is 1.23 bits per heavy atom. The Balaban J connectivity index is 1.25. The standard InChI is InChI=1S/C18H25N7O9S/c26-15(9-23-7-6-20-14(23)10-33-17(28)12-2-1-5-19-12)21-22-16(27)13-4-3-11-8-24(13)18(29)25(11)34-35(30,31)32/h6-7,11-13,19H,1-5,8-10H2,(H,21,26)(H,22,27)(H,30,31,32)/t11-,12+,13+/m1/s1. The molecule has 3 fully saturated rings. The van der Waals surface area contributed by atoms with E-state index in [1.54, 1.807) is 0 Å². The number of rotatable bonds is 8. The number of nitrogens with zero attached hydrogens (tertiary/aromatic N) is 4. The maximum atomic E-state index is 12.6. The number of imidazole rings is 1. The lowest BCUT2D eigenvalue weighted by Crippen LogP contribution is -2.54. The second-order valence-corrected chi connectivity index (χ2v) is 9.28. The van der Waals surface area contributed by atoms with Crippen molar-refractivity contribution in [2.45, 2.75) is 57.0 Å². The average molecular weight is 516 g/mol. The highest BCUT2D eigenvalue weighted by Crippen LogP contribution is 2.30. The van der Waals surface area contributed by atoms with Gasteiger partial charge >= 0.3 is 22.4 Å². The van der Waals surface area contributed by atoms with E-state index in [1.165, 1.54) is 17.0 Å². The van der Waals surface area contributed by atoms with Crippen LogP contribution in [0.2, 0.25) is 0 Å². The van der Waals surface area contributed by atoms with Crippen molar-refractivity contribution in [3.05, 3.63) is 18.2 Å². The Morgan fingerprint density at radius 2 is 2.03 bits per heavy atom. The third-order valence-corrected chi connectivity index (χ3v) is 6.28. The zero-order valence-corrected chi connectivity index (χ0v) is 19.3. The topological polar surface area (TPSA) is 201 Å². The number of fused-ring (bicyclic) bond motifs is 2. The fraction of sp³-hybridized carbons (Fsp3) is 0.611. The Morgan fingerprint density at radius 3 is 2.74 bits per heavy atom. The van der Waals surface area contributed by atoms with Crippen LogP contribution in [0.4, 0.5) is 4.79 Å². The van der Waals surface area contributed by atoms with Crippen LogP contribution in [0.1, 0.15) is 31.5 Å². The monoisotopic (exact) mass is 515 g/mol. The van der Waals surface area contributed by atoms with Gasteiger partial charge in [-0.1, -0.05) is 0 Å². The SMILES string of the molecule is O=C(Cn1ccnc1COC(=O)[C@@H]1CCCN1)NNC(=O)[C@@H]1CC[C@@H]2CN1C(=O)N2OS(=O)(=O)O. The molecule has 0 unspecified atom stereocenters. The van der Waals surface area contributed by atoms with Gasteiger partial charge in [-0.25, -0.2) is 9.78 Å². The van der Waals surface area contributed by atoms with E-state index in [0.29, 0.717) is 17.3 Å². The van der Waals surface area contributed by atoms with Crippen LogP contribution in [0.15, 0.2) is 12.4 Å². The molecule has 1 aromatic rings. The molecule has 4 N–H and O–H groups in total. The zero-order chi connectivity index (χ0) is 25.2. The van der Waals surface area contributed by atoms with E-state index in [1.807, 2.05) is 0 Å². The molecular formula is C18H25N7O9S. The molecule has 4 rings (SSSR count). The molecular weight excluding hydrogens is 490 g/mol. The van der Waals surface area contributed by atoms with Crippen LogP contribution in [-0.2, 0) is 47.0 Å². The summed E-state index contributed by atoms with van der Waals surface area (Å²) in [4.78, 5) is 54.5. The van der Waals surface area contributed by atoms with Crippen LogP contribution < -0.4 is 16.2 Å². The third kappa shape index (κ3) is 5.87. The highest BCUT2D eigenvalue weighted by molar-refractivity contribution is 7.80. The first-order valence-corrected chi connectivity index (χ1v) is 12.2. The van der Waals surface area contributed by atoms with E-state index in [0.717, 1.165) is 17.9 Å². The second kappa shape index (κ2) is 10.1. The molecule has 3 aliphatic rings. The van der Waals surface area contributed by atoms with Crippen molar-refractivity contribution in [1.29, 1.82) is 0 Å². The third-order valence-electron chi connectivity index (χ3n) is 5.93. The van der Waals surface area contributed by atoms with Gasteiger partial charge in [-0.2, -0.15) is 13.5 Å². The molecule has 0 saturated carbocycles. The number of ether oxygens (including phenoxy) is 1. The summed E-state index contributed by atoms with van der Waals surface area (Å²) in [6.07, 6.45) is 5.00. The molecule has 17 heteroatoms. The number of amides is 4. The largest absolute Gasteiger partial charge is 0.456 e. The second-order valence-electron chi connectivity index (χ2n) is 8.28. The summed E-state index contributed by atoms with van der Waals surface area (Å²) < 4.78 is 41.8. The maximum absolute atomic E-state index is 12.6. The predicted molar refractivity (Wildman–Crippen MR) is 113 cm³/mol. The quantitative estimate of drug-likeness (QED) is 0.167. The first kappa shape index (κ1) is 24.8. The Bertz CT molecular complexity index is 1100. The van der Waals surface area contributed by atoms with Gasteiger partial charge < -0.3 is 19.5 Å². The average Bonchev–Trinajstić information content (AvgIpc) is 3.54. The lowest BCUT2D eigenvalue weighted by Gasteiger charge is -2.29. The highest BCUT2D eigenvalue weighted by atomic mass is 32.3. The molecule has 35 heavy (non-hydrogen) atoms. The molecule has 16 nitrogen and oxygen atoms in total. The Labute approximate surface area is 199 Å². The molecule has 2 bridgehead atoms. The van der Waals surface area contributed by atoms with E-state index in [2.05, 4.69) is 25.4 Å². The summed E-state index contributed by atoms with van der Waals surface area (Å²) >= 11 is 0. The van der Waals surface area contributed by atoms with E-state index >= 15 is 0 Å². The number of hydrogen-bond donors (Lipinski definition) is 4. The molecule has 3 aliphatic heterocycles. The van der Waals surface area contributed by atoms with Gasteiger partial charge in [0, 0.05) is 18.9 Å². The van der Waals surface area contributed by atoms with Gasteiger partial charge in [0.25, 0.3) is 11.8 Å². The molecule has 0 aliphatic carbocycles. The zero-order valence-electron chi connectivity index (χ0n) is 18.5. The number of hydrogen-bond acceptors (Lipinski definition) is 10. The number of aromatic nitrogens is 2. The molecule has 1 aromatic heterocycles. The number of carbonyl (C=O) groups excluding carboxylic acids is 4. The molecule has 4 heterocycles. The first-order chi connectivity index (χ1) is 16.6. The van der Waals surface area contributed by atoms with Crippen molar-refractivity contribution in [2.24, 2.45) is 0 Å². The predicted octanol–water partition coefficient (Wildman–Crippen LogP) is -2.17. The summed E-state index contributed by atoms with van der Waals surface area (Å²) in [5.74, 6) is -1.32. The van der Waals surface area contributed by atoms with Crippen molar-refractivity contribution in [2.75, 3.05) is 13.1 Å². The van der Waals surface area contributed by atoms with Gasteiger partial charge in [-0.3, -0.25) is 29.8 Å². The number of esters is 1. The minimum Gasteiger partial charge on any atom is -0.456 e. The number of carbonyl (C=O) groups is 4. The summed E-state index contributed by atoms with van der Waals surface area (Å²) in [7, 11) is -4.90. The molecule has 0 radical (unpaired) electrons.